The fourth-order valence-electron chi connectivity index (χ4n) is 0.896. The SMILES string of the molecule is O=C(OCC(F)=C(F)F)C(=O)N1C=NCC1. The average molecular weight is 236 g/mol. The van der Waals surface area contributed by atoms with Gasteiger partial charge in [0, 0.05) is 6.54 Å². The summed E-state index contributed by atoms with van der Waals surface area (Å²) in [6.07, 6.45) is -1.45. The van der Waals surface area contributed by atoms with Gasteiger partial charge in [0.1, 0.15) is 6.61 Å². The number of ether oxygens (including phenoxy) is 1. The first-order chi connectivity index (χ1) is 7.52. The average Bonchev–Trinajstić information content (AvgIpc) is 2.77. The molecule has 0 aromatic heterocycles. The normalized spacial score (nSPS) is 13.8. The molecule has 1 aliphatic heterocycles. The van der Waals surface area contributed by atoms with Crippen LogP contribution in [-0.2, 0) is 14.3 Å². The molecule has 1 amide bonds. The summed E-state index contributed by atoms with van der Waals surface area (Å²) in [7, 11) is 0. The Labute approximate surface area is 88.2 Å². The van der Waals surface area contributed by atoms with Gasteiger partial charge in [0.2, 0.25) is 5.83 Å². The largest absolute Gasteiger partial charge is 0.451 e. The van der Waals surface area contributed by atoms with Gasteiger partial charge in [-0.15, -0.1) is 0 Å². The zero-order chi connectivity index (χ0) is 12.1. The van der Waals surface area contributed by atoms with Gasteiger partial charge >= 0.3 is 18.0 Å². The van der Waals surface area contributed by atoms with Crippen LogP contribution < -0.4 is 0 Å². The van der Waals surface area contributed by atoms with Crippen LogP contribution in [0.4, 0.5) is 13.2 Å². The molecule has 1 rings (SSSR count). The Morgan fingerprint density at radius 2 is 2.06 bits per heavy atom. The highest BCUT2D eigenvalue weighted by Gasteiger charge is 2.24. The van der Waals surface area contributed by atoms with Crippen molar-refractivity contribution in [2.45, 2.75) is 0 Å². The van der Waals surface area contributed by atoms with E-state index in [9.17, 15) is 22.8 Å². The highest BCUT2D eigenvalue weighted by atomic mass is 19.3. The van der Waals surface area contributed by atoms with Crippen LogP contribution in [0.25, 0.3) is 0 Å². The third-order valence-electron chi connectivity index (χ3n) is 1.66. The number of carbonyl (C=O) groups excluding carboxylic acids is 2. The predicted octanol–water partition coefficient (Wildman–Crippen LogP) is 0.478. The molecule has 0 unspecified atom stereocenters. The van der Waals surface area contributed by atoms with Crippen molar-refractivity contribution in [2.75, 3.05) is 19.7 Å². The summed E-state index contributed by atoms with van der Waals surface area (Å²) in [5.41, 5.74) is 0. The van der Waals surface area contributed by atoms with E-state index in [0.29, 0.717) is 6.54 Å². The van der Waals surface area contributed by atoms with Gasteiger partial charge in [-0.2, -0.15) is 8.78 Å². The lowest BCUT2D eigenvalue weighted by Crippen LogP contribution is -2.35. The molecule has 1 heterocycles. The Morgan fingerprint density at radius 3 is 2.56 bits per heavy atom. The number of amides is 1. The number of hydrogen-bond donors (Lipinski definition) is 0. The van der Waals surface area contributed by atoms with Crippen LogP contribution in [0, 0.1) is 0 Å². The van der Waals surface area contributed by atoms with E-state index in [1.807, 2.05) is 0 Å². The number of esters is 1. The third-order valence-corrected chi connectivity index (χ3v) is 1.66. The number of carbonyl (C=O) groups is 2. The van der Waals surface area contributed by atoms with Crippen molar-refractivity contribution >= 4 is 18.2 Å². The summed E-state index contributed by atoms with van der Waals surface area (Å²) in [4.78, 5) is 26.7. The minimum atomic E-state index is -2.58. The van der Waals surface area contributed by atoms with Crippen LogP contribution >= 0.6 is 0 Å². The molecule has 0 saturated heterocycles. The molecule has 0 atom stereocenters. The number of halogens is 3. The van der Waals surface area contributed by atoms with Gasteiger partial charge in [-0.05, 0) is 0 Å². The topological polar surface area (TPSA) is 59.0 Å². The maximum Gasteiger partial charge on any atom is 0.397 e. The molecule has 0 bridgehead atoms. The molecule has 0 spiro atoms. The fourth-order valence-corrected chi connectivity index (χ4v) is 0.896. The molecule has 8 heteroatoms. The molecule has 0 radical (unpaired) electrons. The molecule has 0 aromatic carbocycles. The Morgan fingerprint density at radius 1 is 1.38 bits per heavy atom. The minimum Gasteiger partial charge on any atom is -0.451 e. The van der Waals surface area contributed by atoms with E-state index in [1.165, 1.54) is 0 Å². The Kier molecular flexibility index (Phi) is 4.03. The molecule has 0 aliphatic carbocycles. The molecule has 0 aromatic rings. The Balaban J connectivity index is 2.44. The van der Waals surface area contributed by atoms with Gasteiger partial charge in [0.25, 0.3) is 0 Å². The summed E-state index contributed by atoms with van der Waals surface area (Å²) < 4.78 is 39.4. The van der Waals surface area contributed by atoms with Crippen molar-refractivity contribution in [3.63, 3.8) is 0 Å². The van der Waals surface area contributed by atoms with E-state index >= 15 is 0 Å². The van der Waals surface area contributed by atoms with Crippen LogP contribution in [0.15, 0.2) is 16.9 Å². The van der Waals surface area contributed by atoms with Crippen LogP contribution in [0.2, 0.25) is 0 Å². The summed E-state index contributed by atoms with van der Waals surface area (Å²) in [6, 6.07) is 0. The van der Waals surface area contributed by atoms with Crippen molar-refractivity contribution in [1.82, 2.24) is 4.90 Å². The molecule has 0 saturated carbocycles. The number of aliphatic imine (C=N–C) groups is 1. The van der Waals surface area contributed by atoms with Crippen molar-refractivity contribution in [2.24, 2.45) is 4.99 Å². The van der Waals surface area contributed by atoms with Gasteiger partial charge in [0.15, 0.2) is 0 Å². The molecule has 0 fully saturated rings. The molecule has 5 nitrogen and oxygen atoms in total. The summed E-state index contributed by atoms with van der Waals surface area (Å²) >= 11 is 0. The van der Waals surface area contributed by atoms with Crippen molar-refractivity contribution in [1.29, 1.82) is 0 Å². The molecule has 16 heavy (non-hydrogen) atoms. The molecule has 1 aliphatic rings. The maximum atomic E-state index is 12.2. The number of rotatable bonds is 2. The molecular weight excluding hydrogens is 229 g/mol. The van der Waals surface area contributed by atoms with E-state index in [0.717, 1.165) is 11.2 Å². The maximum absolute atomic E-state index is 12.2. The second-order valence-corrected chi connectivity index (χ2v) is 2.76. The first-order valence-electron chi connectivity index (χ1n) is 4.19. The highest BCUT2D eigenvalue weighted by molar-refractivity contribution is 6.34. The van der Waals surface area contributed by atoms with Gasteiger partial charge in [-0.1, -0.05) is 0 Å². The van der Waals surface area contributed by atoms with Gasteiger partial charge < -0.3 is 4.74 Å². The van der Waals surface area contributed by atoms with E-state index in [2.05, 4.69) is 9.73 Å². The van der Waals surface area contributed by atoms with Crippen LogP contribution in [0.3, 0.4) is 0 Å². The lowest BCUT2D eigenvalue weighted by molar-refractivity contribution is -0.157. The second kappa shape index (κ2) is 5.29. The quantitative estimate of drug-likeness (QED) is 0.517. The van der Waals surface area contributed by atoms with Gasteiger partial charge in [-0.25, -0.2) is 9.18 Å². The summed E-state index contributed by atoms with van der Waals surface area (Å²) in [5, 5.41) is 0. The summed E-state index contributed by atoms with van der Waals surface area (Å²) in [6.45, 7) is -0.686. The van der Waals surface area contributed by atoms with Gasteiger partial charge in [-0.3, -0.25) is 14.7 Å². The molecule has 0 N–H and O–H groups in total. The van der Waals surface area contributed by atoms with Crippen LogP contribution in [0.1, 0.15) is 0 Å². The third kappa shape index (κ3) is 3.07. The first kappa shape index (κ1) is 12.2. The number of nitrogens with zero attached hydrogens (tertiary/aromatic N) is 2. The minimum absolute atomic E-state index is 0.212. The van der Waals surface area contributed by atoms with Crippen LogP contribution in [-0.4, -0.2) is 42.8 Å². The standard InChI is InChI=1S/C8H7F3N2O3/c9-5(6(10)11)3-16-8(15)7(14)13-2-1-12-4-13/h4H,1-3H2. The van der Waals surface area contributed by atoms with Gasteiger partial charge in [0.05, 0.1) is 12.9 Å². The Hall–Kier alpha value is -1.86. The van der Waals surface area contributed by atoms with Crippen molar-refractivity contribution in [3.05, 3.63) is 11.9 Å². The zero-order valence-corrected chi connectivity index (χ0v) is 7.95. The first-order valence-corrected chi connectivity index (χ1v) is 4.19. The number of hydrogen-bond acceptors (Lipinski definition) is 4. The summed E-state index contributed by atoms with van der Waals surface area (Å²) in [5.74, 6) is -4.34. The van der Waals surface area contributed by atoms with Crippen molar-refractivity contribution < 1.29 is 27.5 Å². The smallest absolute Gasteiger partial charge is 0.397 e. The molecule has 88 valence electrons. The van der Waals surface area contributed by atoms with Crippen LogP contribution in [0.5, 0.6) is 0 Å². The van der Waals surface area contributed by atoms with E-state index in [4.69, 9.17) is 0 Å². The highest BCUT2D eigenvalue weighted by Crippen LogP contribution is 2.09. The fraction of sp³-hybridized carbons (Fsp3) is 0.375. The lowest BCUT2D eigenvalue weighted by atomic mass is 10.5. The van der Waals surface area contributed by atoms with Crippen molar-refractivity contribution in [3.8, 4) is 0 Å². The Bertz CT molecular complexity index is 364. The zero-order valence-electron chi connectivity index (χ0n) is 7.95. The van der Waals surface area contributed by atoms with E-state index < -0.39 is 30.4 Å². The molecular formula is C8H7F3N2O3. The monoisotopic (exact) mass is 236 g/mol. The lowest BCUT2D eigenvalue weighted by Gasteiger charge is -2.09. The predicted molar refractivity (Wildman–Crippen MR) is 46.4 cm³/mol. The van der Waals surface area contributed by atoms with E-state index in [1.54, 1.807) is 0 Å². The van der Waals surface area contributed by atoms with E-state index in [-0.39, 0.29) is 6.54 Å². The second-order valence-electron chi connectivity index (χ2n) is 2.76.